The third kappa shape index (κ3) is 5.59. The molecule has 1 N–H and O–H groups in total. The summed E-state index contributed by atoms with van der Waals surface area (Å²) < 4.78 is 21.7. The largest absolute Gasteiger partial charge is 0.370 e. The van der Waals surface area contributed by atoms with Gasteiger partial charge in [0.2, 0.25) is 0 Å². The summed E-state index contributed by atoms with van der Waals surface area (Å²) in [4.78, 5) is 4.01. The molecule has 0 bridgehead atoms. The number of pyridine rings is 1. The highest BCUT2D eigenvalue weighted by molar-refractivity contribution is 7.90. The van der Waals surface area contributed by atoms with Crippen LogP contribution in [0.15, 0.2) is 18.2 Å². The maximum Gasteiger partial charge on any atom is 0.147 e. The number of sulfone groups is 1. The van der Waals surface area contributed by atoms with E-state index < -0.39 is 9.84 Å². The summed E-state index contributed by atoms with van der Waals surface area (Å²) in [6, 6.07) is 5.25. The molecule has 0 spiro atoms. The average molecular weight is 249 g/mol. The van der Waals surface area contributed by atoms with Crippen molar-refractivity contribution in [2.24, 2.45) is 0 Å². The minimum absolute atomic E-state index is 0.181. The SMILES string of the molecule is CS(=O)(=O)CCCNc1cccc(Cl)n1. The second kappa shape index (κ2) is 5.32. The first-order valence-electron chi connectivity index (χ1n) is 4.51. The van der Waals surface area contributed by atoms with Crippen molar-refractivity contribution in [2.45, 2.75) is 6.42 Å². The molecule has 0 saturated carbocycles. The van der Waals surface area contributed by atoms with E-state index in [0.29, 0.717) is 23.9 Å². The van der Waals surface area contributed by atoms with Crippen LogP contribution < -0.4 is 5.32 Å². The molecule has 15 heavy (non-hydrogen) atoms. The molecule has 1 aromatic heterocycles. The normalized spacial score (nSPS) is 11.3. The van der Waals surface area contributed by atoms with Crippen LogP contribution in [0.5, 0.6) is 0 Å². The summed E-state index contributed by atoms with van der Waals surface area (Å²) in [5, 5.41) is 3.42. The lowest BCUT2D eigenvalue weighted by Crippen LogP contribution is -2.10. The third-order valence-electron chi connectivity index (χ3n) is 1.71. The van der Waals surface area contributed by atoms with Crippen molar-refractivity contribution in [3.8, 4) is 0 Å². The van der Waals surface area contributed by atoms with Gasteiger partial charge in [-0.3, -0.25) is 0 Å². The van der Waals surface area contributed by atoms with Crippen molar-refractivity contribution >= 4 is 27.3 Å². The molecular weight excluding hydrogens is 236 g/mol. The van der Waals surface area contributed by atoms with Gasteiger partial charge in [-0.15, -0.1) is 0 Å². The zero-order valence-corrected chi connectivity index (χ0v) is 9.98. The van der Waals surface area contributed by atoms with Crippen LogP contribution in [0.2, 0.25) is 5.15 Å². The summed E-state index contributed by atoms with van der Waals surface area (Å²) in [7, 11) is -2.87. The monoisotopic (exact) mass is 248 g/mol. The van der Waals surface area contributed by atoms with Gasteiger partial charge in [-0.2, -0.15) is 0 Å². The van der Waals surface area contributed by atoms with Gasteiger partial charge in [-0.1, -0.05) is 17.7 Å². The molecule has 1 aromatic rings. The molecule has 1 heterocycles. The first-order valence-corrected chi connectivity index (χ1v) is 6.95. The standard InChI is InChI=1S/C9H13ClN2O2S/c1-15(13,14)7-3-6-11-9-5-2-4-8(10)12-9/h2,4-5H,3,6-7H2,1H3,(H,11,12). The van der Waals surface area contributed by atoms with Crippen molar-refractivity contribution in [3.05, 3.63) is 23.4 Å². The molecule has 0 aliphatic carbocycles. The van der Waals surface area contributed by atoms with Crippen molar-refractivity contribution in [3.63, 3.8) is 0 Å². The first-order chi connectivity index (χ1) is 6.97. The molecular formula is C9H13ClN2O2S. The lowest BCUT2D eigenvalue weighted by molar-refractivity contribution is 0.600. The van der Waals surface area contributed by atoms with E-state index in [9.17, 15) is 8.42 Å². The topological polar surface area (TPSA) is 59.1 Å². The fraction of sp³-hybridized carbons (Fsp3) is 0.444. The summed E-state index contributed by atoms with van der Waals surface area (Å²) in [6.45, 7) is 0.570. The molecule has 0 aliphatic rings. The highest BCUT2D eigenvalue weighted by atomic mass is 35.5. The van der Waals surface area contributed by atoms with Crippen molar-refractivity contribution in [1.29, 1.82) is 0 Å². The molecule has 0 aliphatic heterocycles. The van der Waals surface area contributed by atoms with Crippen molar-refractivity contribution in [2.75, 3.05) is 23.9 Å². The summed E-state index contributed by atoms with van der Waals surface area (Å²) >= 11 is 5.68. The maximum atomic E-state index is 10.8. The van der Waals surface area contributed by atoms with Gasteiger partial charge in [0.1, 0.15) is 20.8 Å². The van der Waals surface area contributed by atoms with Gasteiger partial charge in [0, 0.05) is 12.8 Å². The Morgan fingerprint density at radius 1 is 1.47 bits per heavy atom. The lowest BCUT2D eigenvalue weighted by atomic mass is 10.4. The van der Waals surface area contributed by atoms with Gasteiger partial charge in [-0.05, 0) is 18.6 Å². The van der Waals surface area contributed by atoms with Gasteiger partial charge < -0.3 is 5.32 Å². The van der Waals surface area contributed by atoms with Crippen LogP contribution in [0.3, 0.4) is 0 Å². The maximum absolute atomic E-state index is 10.8. The van der Waals surface area contributed by atoms with E-state index in [4.69, 9.17) is 11.6 Å². The highest BCUT2D eigenvalue weighted by Crippen LogP contribution is 2.08. The fourth-order valence-electron chi connectivity index (χ4n) is 1.06. The van der Waals surface area contributed by atoms with E-state index in [1.165, 1.54) is 6.26 Å². The molecule has 0 aromatic carbocycles. The quantitative estimate of drug-likeness (QED) is 0.635. The van der Waals surface area contributed by atoms with Crippen LogP contribution in [-0.4, -0.2) is 32.0 Å². The Labute approximate surface area is 94.6 Å². The molecule has 0 amide bonds. The van der Waals surface area contributed by atoms with Crippen molar-refractivity contribution in [1.82, 2.24) is 4.98 Å². The Morgan fingerprint density at radius 3 is 2.80 bits per heavy atom. The smallest absolute Gasteiger partial charge is 0.147 e. The molecule has 0 unspecified atom stereocenters. The molecule has 6 heteroatoms. The van der Waals surface area contributed by atoms with Crippen LogP contribution in [-0.2, 0) is 9.84 Å². The number of hydrogen-bond donors (Lipinski definition) is 1. The Morgan fingerprint density at radius 2 is 2.20 bits per heavy atom. The van der Waals surface area contributed by atoms with Crippen LogP contribution >= 0.6 is 11.6 Å². The van der Waals surface area contributed by atoms with E-state index in [2.05, 4.69) is 10.3 Å². The van der Waals surface area contributed by atoms with Crippen LogP contribution in [0.4, 0.5) is 5.82 Å². The predicted molar refractivity (Wildman–Crippen MR) is 62.1 cm³/mol. The van der Waals surface area contributed by atoms with E-state index >= 15 is 0 Å². The summed E-state index contributed by atoms with van der Waals surface area (Å²) in [6.07, 6.45) is 1.79. The molecule has 84 valence electrons. The van der Waals surface area contributed by atoms with Gasteiger partial charge in [0.05, 0.1) is 5.75 Å². The molecule has 0 radical (unpaired) electrons. The number of nitrogens with one attached hydrogen (secondary N) is 1. The molecule has 4 nitrogen and oxygen atoms in total. The minimum Gasteiger partial charge on any atom is -0.370 e. The molecule has 1 rings (SSSR count). The zero-order chi connectivity index (χ0) is 11.3. The van der Waals surface area contributed by atoms with Crippen molar-refractivity contribution < 1.29 is 8.42 Å². The van der Waals surface area contributed by atoms with E-state index in [1.807, 2.05) is 0 Å². The number of anilines is 1. The highest BCUT2D eigenvalue weighted by Gasteiger charge is 2.01. The second-order valence-electron chi connectivity index (χ2n) is 3.26. The van der Waals surface area contributed by atoms with Gasteiger partial charge in [0.25, 0.3) is 0 Å². The molecule has 0 saturated heterocycles. The molecule has 0 fully saturated rings. The van der Waals surface area contributed by atoms with Crippen LogP contribution in [0.25, 0.3) is 0 Å². The van der Waals surface area contributed by atoms with Gasteiger partial charge in [-0.25, -0.2) is 13.4 Å². The van der Waals surface area contributed by atoms with Crippen LogP contribution in [0.1, 0.15) is 6.42 Å². The number of aromatic nitrogens is 1. The van der Waals surface area contributed by atoms with E-state index in [1.54, 1.807) is 18.2 Å². The Hall–Kier alpha value is -0.810. The Balaban J connectivity index is 2.32. The predicted octanol–water partition coefficient (Wildman–Crippen LogP) is 1.58. The average Bonchev–Trinajstić information content (AvgIpc) is 2.11. The van der Waals surface area contributed by atoms with Gasteiger partial charge in [0.15, 0.2) is 0 Å². The minimum atomic E-state index is -2.87. The number of rotatable bonds is 5. The summed E-state index contributed by atoms with van der Waals surface area (Å²) in [5.41, 5.74) is 0. The Kier molecular flexibility index (Phi) is 4.35. The number of halogens is 1. The van der Waals surface area contributed by atoms with E-state index in [0.717, 1.165) is 0 Å². The number of nitrogens with zero attached hydrogens (tertiary/aromatic N) is 1. The number of hydrogen-bond acceptors (Lipinski definition) is 4. The zero-order valence-electron chi connectivity index (χ0n) is 8.40. The van der Waals surface area contributed by atoms with E-state index in [-0.39, 0.29) is 5.75 Å². The summed E-state index contributed by atoms with van der Waals surface area (Å²) in [5.74, 6) is 0.844. The van der Waals surface area contributed by atoms with Gasteiger partial charge >= 0.3 is 0 Å². The lowest BCUT2D eigenvalue weighted by Gasteiger charge is -2.04. The second-order valence-corrected chi connectivity index (χ2v) is 5.90. The first kappa shape index (κ1) is 12.3. The van der Waals surface area contributed by atoms with Crippen LogP contribution in [0, 0.1) is 0 Å². The fourth-order valence-corrected chi connectivity index (χ4v) is 1.89. The third-order valence-corrected chi connectivity index (χ3v) is 2.95. The molecule has 0 atom stereocenters. The Bertz CT molecular complexity index is 420.